The van der Waals surface area contributed by atoms with Crippen LogP contribution in [0.25, 0.3) is 0 Å². The van der Waals surface area contributed by atoms with Crippen LogP contribution in [0.15, 0.2) is 0 Å². The summed E-state index contributed by atoms with van der Waals surface area (Å²) in [6.45, 7) is 0. The number of hydrogen-bond donors (Lipinski definition) is 2. The number of carbonyl (C=O) groups is 2. The van der Waals surface area contributed by atoms with Gasteiger partial charge in [0.1, 0.15) is 6.04 Å². The highest BCUT2D eigenvalue weighted by Crippen LogP contribution is 2.16. The Kier molecular flexibility index (Phi) is 6.12. The van der Waals surface area contributed by atoms with E-state index in [9.17, 15) is 18.0 Å². The minimum atomic E-state index is -3.07. The molecule has 1 aliphatic heterocycles. The Bertz CT molecular complexity index is 465. The van der Waals surface area contributed by atoms with Crippen LogP contribution in [0.5, 0.6) is 0 Å². The van der Waals surface area contributed by atoms with Crippen LogP contribution in [0.2, 0.25) is 0 Å². The third-order valence-electron chi connectivity index (χ3n) is 3.28. The monoisotopic (exact) mass is 324 g/mol. The fraction of sp³-hybridized carbons (Fsp3) is 0.818. The first kappa shape index (κ1) is 17.1. The number of amides is 2. The highest BCUT2D eigenvalue weighted by molar-refractivity contribution is 7.98. The van der Waals surface area contributed by atoms with Crippen molar-refractivity contribution in [3.63, 3.8) is 0 Å². The van der Waals surface area contributed by atoms with Crippen LogP contribution < -0.4 is 5.32 Å². The van der Waals surface area contributed by atoms with E-state index in [0.717, 1.165) is 0 Å². The second kappa shape index (κ2) is 7.16. The first-order chi connectivity index (χ1) is 9.26. The van der Waals surface area contributed by atoms with Crippen molar-refractivity contribution in [3.8, 4) is 0 Å². The van der Waals surface area contributed by atoms with Gasteiger partial charge in [0.25, 0.3) is 0 Å². The average Bonchev–Trinajstić information content (AvgIpc) is 2.73. The van der Waals surface area contributed by atoms with Crippen LogP contribution >= 0.6 is 11.8 Å². The maximum absolute atomic E-state index is 12.0. The molecule has 1 unspecified atom stereocenters. The molecule has 1 heterocycles. The fourth-order valence-corrected chi connectivity index (χ4v) is 4.24. The number of urea groups is 1. The van der Waals surface area contributed by atoms with Gasteiger partial charge in [-0.05, 0) is 24.9 Å². The Hall–Kier alpha value is -0.960. The number of hydrogen-bond acceptors (Lipinski definition) is 5. The predicted octanol–water partition coefficient (Wildman–Crippen LogP) is 0.0212. The van der Waals surface area contributed by atoms with Gasteiger partial charge in [-0.15, -0.1) is 0 Å². The Morgan fingerprint density at radius 2 is 2.15 bits per heavy atom. The summed E-state index contributed by atoms with van der Waals surface area (Å²) in [7, 11) is -1.58. The molecule has 2 N–H and O–H groups in total. The summed E-state index contributed by atoms with van der Waals surface area (Å²) in [5.41, 5.74) is 0. The lowest BCUT2D eigenvalue weighted by Gasteiger charge is -2.25. The van der Waals surface area contributed by atoms with E-state index in [4.69, 9.17) is 5.11 Å². The molecule has 1 fully saturated rings. The van der Waals surface area contributed by atoms with Crippen molar-refractivity contribution >= 4 is 33.6 Å². The topological polar surface area (TPSA) is 104 Å². The maximum Gasteiger partial charge on any atom is 0.326 e. The first-order valence-electron chi connectivity index (χ1n) is 6.22. The van der Waals surface area contributed by atoms with Crippen LogP contribution in [0.3, 0.4) is 0 Å². The van der Waals surface area contributed by atoms with Gasteiger partial charge in [0, 0.05) is 13.1 Å². The van der Waals surface area contributed by atoms with Gasteiger partial charge in [0.15, 0.2) is 9.84 Å². The number of carbonyl (C=O) groups excluding carboxylic acids is 1. The summed E-state index contributed by atoms with van der Waals surface area (Å²) in [6, 6.07) is -1.87. The van der Waals surface area contributed by atoms with Crippen molar-refractivity contribution in [2.75, 3.05) is 30.6 Å². The second-order valence-electron chi connectivity index (χ2n) is 4.79. The molecule has 2 amide bonds. The van der Waals surface area contributed by atoms with Crippen molar-refractivity contribution in [2.24, 2.45) is 0 Å². The van der Waals surface area contributed by atoms with E-state index in [1.54, 1.807) is 0 Å². The van der Waals surface area contributed by atoms with Crippen LogP contribution in [0, 0.1) is 0 Å². The van der Waals surface area contributed by atoms with Crippen molar-refractivity contribution in [1.82, 2.24) is 10.2 Å². The second-order valence-corrected chi connectivity index (χ2v) is 8.00. The lowest BCUT2D eigenvalue weighted by Crippen LogP contribution is -2.50. The average molecular weight is 324 g/mol. The molecule has 0 aromatic heterocycles. The van der Waals surface area contributed by atoms with Crippen LogP contribution in [0.1, 0.15) is 12.8 Å². The van der Waals surface area contributed by atoms with Gasteiger partial charge in [0.2, 0.25) is 0 Å². The Morgan fingerprint density at radius 1 is 1.50 bits per heavy atom. The van der Waals surface area contributed by atoms with Crippen molar-refractivity contribution in [1.29, 1.82) is 0 Å². The quantitative estimate of drug-likeness (QED) is 0.714. The smallest absolute Gasteiger partial charge is 0.326 e. The highest BCUT2D eigenvalue weighted by atomic mass is 32.2. The molecule has 0 spiro atoms. The molecule has 1 saturated heterocycles. The number of aliphatic carboxylic acids is 1. The molecule has 0 radical (unpaired) electrons. The van der Waals surface area contributed by atoms with E-state index in [2.05, 4.69) is 5.32 Å². The zero-order valence-corrected chi connectivity index (χ0v) is 13.2. The van der Waals surface area contributed by atoms with Crippen molar-refractivity contribution in [2.45, 2.75) is 24.9 Å². The number of thioether (sulfide) groups is 1. The molecule has 1 rings (SSSR count). The minimum Gasteiger partial charge on any atom is -0.480 e. The van der Waals surface area contributed by atoms with Crippen LogP contribution in [0.4, 0.5) is 4.79 Å². The normalized spacial score (nSPS) is 22.2. The molecule has 20 heavy (non-hydrogen) atoms. The number of nitrogens with zero attached hydrogens (tertiary/aromatic N) is 1. The van der Waals surface area contributed by atoms with E-state index in [0.29, 0.717) is 18.6 Å². The predicted molar refractivity (Wildman–Crippen MR) is 77.8 cm³/mol. The standard InChI is InChI=1S/C11H20N2O5S2/c1-13(8-4-6-20(17,18)7-8)11(16)12-9(10(14)15)3-5-19-2/h8-9H,3-7H2,1-2H3,(H,12,16)(H,14,15)/t8?,9-/m1/s1. The molecule has 0 aromatic rings. The number of rotatable bonds is 6. The minimum absolute atomic E-state index is 0.0561. The van der Waals surface area contributed by atoms with E-state index >= 15 is 0 Å². The summed E-state index contributed by atoms with van der Waals surface area (Å²) < 4.78 is 22.8. The first-order valence-corrected chi connectivity index (χ1v) is 9.44. The number of carboxylic acid groups (broad SMARTS) is 1. The third-order valence-corrected chi connectivity index (χ3v) is 5.68. The van der Waals surface area contributed by atoms with E-state index in [-0.39, 0.29) is 17.5 Å². The SMILES string of the molecule is CSCC[C@@H](NC(=O)N(C)C1CCS(=O)(=O)C1)C(=O)O. The Balaban J connectivity index is 2.58. The van der Waals surface area contributed by atoms with E-state index < -0.39 is 27.9 Å². The van der Waals surface area contributed by atoms with Crippen LogP contribution in [-0.2, 0) is 14.6 Å². The number of carboxylic acids is 1. The molecular weight excluding hydrogens is 304 g/mol. The van der Waals surface area contributed by atoms with Gasteiger partial charge < -0.3 is 15.3 Å². The van der Waals surface area contributed by atoms with Gasteiger partial charge >= 0.3 is 12.0 Å². The zero-order valence-electron chi connectivity index (χ0n) is 11.5. The maximum atomic E-state index is 12.0. The Labute approximate surface area is 123 Å². The molecule has 9 heteroatoms. The Morgan fingerprint density at radius 3 is 2.60 bits per heavy atom. The third kappa shape index (κ3) is 4.86. The molecule has 116 valence electrons. The molecule has 0 aromatic carbocycles. The summed E-state index contributed by atoms with van der Waals surface area (Å²) in [5, 5.41) is 11.5. The van der Waals surface area contributed by atoms with E-state index in [1.165, 1.54) is 23.7 Å². The van der Waals surface area contributed by atoms with Gasteiger partial charge in [-0.25, -0.2) is 18.0 Å². The fourth-order valence-electron chi connectivity index (χ4n) is 1.99. The molecule has 0 saturated carbocycles. The molecule has 1 aliphatic rings. The van der Waals surface area contributed by atoms with Gasteiger partial charge in [-0.1, -0.05) is 0 Å². The van der Waals surface area contributed by atoms with Crippen molar-refractivity contribution in [3.05, 3.63) is 0 Å². The molecular formula is C11H20N2O5S2. The lowest BCUT2D eigenvalue weighted by molar-refractivity contribution is -0.139. The van der Waals surface area contributed by atoms with Gasteiger partial charge in [0.05, 0.1) is 11.5 Å². The molecule has 0 bridgehead atoms. The summed E-state index contributed by atoms with van der Waals surface area (Å²) in [5.74, 6) is -0.442. The van der Waals surface area contributed by atoms with E-state index in [1.807, 2.05) is 6.26 Å². The van der Waals surface area contributed by atoms with Gasteiger partial charge in [-0.3, -0.25) is 0 Å². The summed E-state index contributed by atoms with van der Waals surface area (Å²) in [4.78, 5) is 24.3. The molecule has 0 aliphatic carbocycles. The largest absolute Gasteiger partial charge is 0.480 e. The van der Waals surface area contributed by atoms with Crippen molar-refractivity contribution < 1.29 is 23.1 Å². The van der Waals surface area contributed by atoms with Crippen LogP contribution in [-0.4, -0.2) is 73.1 Å². The van der Waals surface area contributed by atoms with Gasteiger partial charge in [-0.2, -0.15) is 11.8 Å². The molecule has 2 atom stereocenters. The number of sulfone groups is 1. The summed E-state index contributed by atoms with van der Waals surface area (Å²) >= 11 is 1.50. The number of nitrogens with one attached hydrogen (secondary N) is 1. The molecule has 7 nitrogen and oxygen atoms in total. The summed E-state index contributed by atoms with van der Waals surface area (Å²) in [6.07, 6.45) is 2.59. The zero-order chi connectivity index (χ0) is 15.3. The highest BCUT2D eigenvalue weighted by Gasteiger charge is 2.33. The lowest BCUT2D eigenvalue weighted by atomic mass is 10.2.